The topological polar surface area (TPSA) is 55.8 Å². The van der Waals surface area contributed by atoms with Crippen LogP contribution in [0.4, 0.5) is 4.39 Å². The van der Waals surface area contributed by atoms with Crippen LogP contribution in [0, 0.1) is 12.7 Å². The predicted molar refractivity (Wildman–Crippen MR) is 92.5 cm³/mol. The molecule has 1 fully saturated rings. The van der Waals surface area contributed by atoms with E-state index in [0.29, 0.717) is 11.0 Å². The molecule has 0 radical (unpaired) electrons. The maximum absolute atomic E-state index is 15.0. The molecule has 0 unspecified atom stereocenters. The number of rotatable bonds is 2. The summed E-state index contributed by atoms with van der Waals surface area (Å²) in [6.07, 6.45) is 0. The van der Waals surface area contributed by atoms with Crippen LogP contribution in [0.2, 0.25) is 0 Å². The van der Waals surface area contributed by atoms with E-state index in [-0.39, 0.29) is 11.1 Å². The van der Waals surface area contributed by atoms with Crippen LogP contribution in [0.25, 0.3) is 0 Å². The molecule has 1 heterocycles. The summed E-state index contributed by atoms with van der Waals surface area (Å²) in [7, 11) is -0.795. The van der Waals surface area contributed by atoms with Crippen LogP contribution in [-0.4, -0.2) is 29.4 Å². The standard InChI is InChI=1S/C18H26BFO4/c1-10-12(19-23-17(5,6)18(7,8)24-19)9-11(15(21)22)13(14(10)20)16(2,3)4/h9H,1-8H3,(H,21,22). The Bertz CT molecular complexity index is 673. The van der Waals surface area contributed by atoms with Crippen LogP contribution in [0.1, 0.15) is 70.0 Å². The van der Waals surface area contributed by atoms with Crippen molar-refractivity contribution in [3.63, 3.8) is 0 Å². The van der Waals surface area contributed by atoms with Crippen molar-refractivity contribution in [3.05, 3.63) is 28.6 Å². The van der Waals surface area contributed by atoms with Gasteiger partial charge in [-0.1, -0.05) is 20.8 Å². The molecule has 1 aliphatic rings. The lowest BCUT2D eigenvalue weighted by Gasteiger charge is -2.32. The molecule has 1 aromatic rings. The third kappa shape index (κ3) is 2.97. The summed E-state index contributed by atoms with van der Waals surface area (Å²) in [4.78, 5) is 11.7. The lowest BCUT2D eigenvalue weighted by Crippen LogP contribution is -2.41. The molecule has 1 aromatic carbocycles. The SMILES string of the molecule is Cc1c(B2OC(C)(C)C(C)(C)O2)cc(C(=O)O)c(C(C)(C)C)c1F. The molecule has 132 valence electrons. The Labute approximate surface area is 143 Å². The molecule has 1 N–H and O–H groups in total. The minimum absolute atomic E-state index is 0.0460. The Hall–Kier alpha value is -1.40. The second-order valence-corrected chi connectivity index (χ2v) is 8.47. The third-order valence-electron chi connectivity index (χ3n) is 5.04. The van der Waals surface area contributed by atoms with E-state index in [1.807, 2.05) is 27.7 Å². The zero-order valence-electron chi connectivity index (χ0n) is 15.7. The Kier molecular flexibility index (Phi) is 4.39. The van der Waals surface area contributed by atoms with Gasteiger partial charge in [-0.2, -0.15) is 0 Å². The second kappa shape index (κ2) is 5.56. The highest BCUT2D eigenvalue weighted by molar-refractivity contribution is 6.62. The van der Waals surface area contributed by atoms with Gasteiger partial charge in [0.1, 0.15) is 5.82 Å². The van der Waals surface area contributed by atoms with Crippen LogP contribution in [0.15, 0.2) is 6.07 Å². The van der Waals surface area contributed by atoms with Gasteiger partial charge >= 0.3 is 13.1 Å². The lowest BCUT2D eigenvalue weighted by molar-refractivity contribution is 0.00578. The number of hydrogen-bond donors (Lipinski definition) is 1. The molecule has 1 saturated heterocycles. The normalized spacial score (nSPS) is 19.6. The van der Waals surface area contributed by atoms with E-state index in [1.165, 1.54) is 6.07 Å². The molecule has 24 heavy (non-hydrogen) atoms. The number of carbonyl (C=O) groups is 1. The first-order valence-corrected chi connectivity index (χ1v) is 8.11. The van der Waals surface area contributed by atoms with E-state index >= 15 is 4.39 Å². The van der Waals surface area contributed by atoms with Crippen molar-refractivity contribution < 1.29 is 23.6 Å². The highest BCUT2D eigenvalue weighted by Gasteiger charge is 2.52. The van der Waals surface area contributed by atoms with Crippen molar-refractivity contribution in [1.29, 1.82) is 0 Å². The fourth-order valence-corrected chi connectivity index (χ4v) is 2.89. The molecular formula is C18H26BFO4. The van der Waals surface area contributed by atoms with Gasteiger partial charge in [-0.05, 0) is 57.1 Å². The van der Waals surface area contributed by atoms with Gasteiger partial charge in [0, 0.05) is 5.56 Å². The lowest BCUT2D eigenvalue weighted by atomic mass is 9.71. The molecular weight excluding hydrogens is 310 g/mol. The van der Waals surface area contributed by atoms with Crippen LogP contribution in [0.5, 0.6) is 0 Å². The summed E-state index contributed by atoms with van der Waals surface area (Å²) in [6, 6.07) is 1.49. The molecule has 6 heteroatoms. The molecule has 1 aliphatic heterocycles. The number of benzene rings is 1. The van der Waals surface area contributed by atoms with Crippen LogP contribution in [0.3, 0.4) is 0 Å². The minimum Gasteiger partial charge on any atom is -0.478 e. The summed E-state index contributed by atoms with van der Waals surface area (Å²) in [5.41, 5.74) is -0.834. The van der Waals surface area contributed by atoms with Gasteiger partial charge in [-0.3, -0.25) is 0 Å². The Balaban J connectivity index is 2.65. The van der Waals surface area contributed by atoms with Crippen molar-refractivity contribution in [2.24, 2.45) is 0 Å². The zero-order chi connectivity index (χ0) is 18.7. The maximum atomic E-state index is 15.0. The minimum atomic E-state index is -1.16. The van der Waals surface area contributed by atoms with E-state index in [4.69, 9.17) is 9.31 Å². The first kappa shape index (κ1) is 18.9. The highest BCUT2D eigenvalue weighted by Crippen LogP contribution is 2.37. The Morgan fingerprint density at radius 3 is 2.00 bits per heavy atom. The molecule has 0 atom stereocenters. The quantitative estimate of drug-likeness (QED) is 0.841. The van der Waals surface area contributed by atoms with Gasteiger partial charge < -0.3 is 14.4 Å². The van der Waals surface area contributed by atoms with Gasteiger partial charge in [-0.25, -0.2) is 9.18 Å². The summed E-state index contributed by atoms with van der Waals surface area (Å²) in [6.45, 7) is 14.6. The number of carboxylic acid groups (broad SMARTS) is 1. The van der Waals surface area contributed by atoms with Gasteiger partial charge in [0.2, 0.25) is 0 Å². The summed E-state index contributed by atoms with van der Waals surface area (Å²) < 4.78 is 27.0. The van der Waals surface area contributed by atoms with E-state index in [0.717, 1.165) is 0 Å². The summed E-state index contributed by atoms with van der Waals surface area (Å²) in [5, 5.41) is 9.57. The van der Waals surface area contributed by atoms with Crippen LogP contribution < -0.4 is 5.46 Å². The van der Waals surface area contributed by atoms with E-state index < -0.39 is 35.5 Å². The van der Waals surface area contributed by atoms with E-state index in [1.54, 1.807) is 27.7 Å². The van der Waals surface area contributed by atoms with Crippen LogP contribution in [-0.2, 0) is 14.7 Å². The predicted octanol–water partition coefficient (Wildman–Crippen LogP) is 3.43. The monoisotopic (exact) mass is 336 g/mol. The smallest absolute Gasteiger partial charge is 0.478 e. The number of halogens is 1. The third-order valence-corrected chi connectivity index (χ3v) is 5.04. The van der Waals surface area contributed by atoms with Crippen LogP contribution >= 0.6 is 0 Å². The van der Waals surface area contributed by atoms with Gasteiger partial charge in [0.15, 0.2) is 0 Å². The fourth-order valence-electron chi connectivity index (χ4n) is 2.89. The molecule has 0 amide bonds. The van der Waals surface area contributed by atoms with Crippen molar-refractivity contribution in [1.82, 2.24) is 0 Å². The van der Waals surface area contributed by atoms with Crippen molar-refractivity contribution in [3.8, 4) is 0 Å². The largest absolute Gasteiger partial charge is 0.495 e. The van der Waals surface area contributed by atoms with Crippen molar-refractivity contribution >= 4 is 18.6 Å². The molecule has 2 rings (SSSR count). The molecule has 0 spiro atoms. The first-order chi connectivity index (χ1) is 10.7. The van der Waals surface area contributed by atoms with Gasteiger partial charge in [-0.15, -0.1) is 0 Å². The molecule has 0 bridgehead atoms. The Morgan fingerprint density at radius 1 is 1.17 bits per heavy atom. The number of aromatic carboxylic acids is 1. The fraction of sp³-hybridized carbons (Fsp3) is 0.611. The number of hydrogen-bond acceptors (Lipinski definition) is 3. The average molecular weight is 336 g/mol. The number of carboxylic acids is 1. The highest BCUT2D eigenvalue weighted by atomic mass is 19.1. The zero-order valence-corrected chi connectivity index (χ0v) is 15.7. The maximum Gasteiger partial charge on any atom is 0.495 e. The molecule has 4 nitrogen and oxygen atoms in total. The van der Waals surface area contributed by atoms with Gasteiger partial charge in [0.25, 0.3) is 0 Å². The first-order valence-electron chi connectivity index (χ1n) is 8.11. The summed E-state index contributed by atoms with van der Waals surface area (Å²) >= 11 is 0. The van der Waals surface area contributed by atoms with E-state index in [9.17, 15) is 9.90 Å². The molecule has 0 saturated carbocycles. The summed E-state index contributed by atoms with van der Waals surface area (Å²) in [5.74, 6) is -1.66. The Morgan fingerprint density at radius 2 is 1.62 bits per heavy atom. The van der Waals surface area contributed by atoms with Crippen molar-refractivity contribution in [2.75, 3.05) is 0 Å². The molecule has 0 aromatic heterocycles. The second-order valence-electron chi connectivity index (χ2n) is 8.47. The average Bonchev–Trinajstić information content (AvgIpc) is 2.59. The molecule has 0 aliphatic carbocycles. The van der Waals surface area contributed by atoms with E-state index in [2.05, 4.69) is 0 Å². The van der Waals surface area contributed by atoms with Gasteiger partial charge in [0.05, 0.1) is 16.8 Å². The van der Waals surface area contributed by atoms with Crippen molar-refractivity contribution in [2.45, 2.75) is 72.0 Å².